The Morgan fingerprint density at radius 3 is 2.42 bits per heavy atom. The molecule has 0 unspecified atom stereocenters. The lowest BCUT2D eigenvalue weighted by molar-refractivity contribution is 0.0895. The SMILES string of the molecule is CCC(CC)(CN)NC(=O)c1ccc(Br)c(F)c1.Cl. The van der Waals surface area contributed by atoms with E-state index in [2.05, 4.69) is 21.2 Å². The van der Waals surface area contributed by atoms with Crippen molar-refractivity contribution in [3.63, 3.8) is 0 Å². The summed E-state index contributed by atoms with van der Waals surface area (Å²) in [6, 6.07) is 4.31. The second-order valence-electron chi connectivity index (χ2n) is 4.27. The van der Waals surface area contributed by atoms with E-state index < -0.39 is 11.4 Å². The molecule has 0 aromatic heterocycles. The Balaban J connectivity index is 0.00000324. The van der Waals surface area contributed by atoms with Gasteiger partial charge in [-0.15, -0.1) is 12.4 Å². The Morgan fingerprint density at radius 2 is 2.00 bits per heavy atom. The topological polar surface area (TPSA) is 55.1 Å². The molecule has 1 amide bonds. The molecule has 1 aromatic rings. The van der Waals surface area contributed by atoms with Crippen LogP contribution in [0.5, 0.6) is 0 Å². The lowest BCUT2D eigenvalue weighted by atomic mass is 9.92. The van der Waals surface area contributed by atoms with Gasteiger partial charge in [-0.05, 0) is 47.0 Å². The van der Waals surface area contributed by atoms with E-state index in [1.54, 1.807) is 6.07 Å². The van der Waals surface area contributed by atoms with Crippen LogP contribution in [0.2, 0.25) is 0 Å². The third-order valence-corrected chi connectivity index (χ3v) is 3.95. The summed E-state index contributed by atoms with van der Waals surface area (Å²) in [6.45, 7) is 4.31. The largest absolute Gasteiger partial charge is 0.345 e. The van der Waals surface area contributed by atoms with Crippen molar-refractivity contribution in [2.75, 3.05) is 6.54 Å². The van der Waals surface area contributed by atoms with Gasteiger partial charge in [-0.3, -0.25) is 4.79 Å². The van der Waals surface area contributed by atoms with Crippen molar-refractivity contribution in [2.24, 2.45) is 5.73 Å². The van der Waals surface area contributed by atoms with Crippen LogP contribution in [-0.4, -0.2) is 18.0 Å². The van der Waals surface area contributed by atoms with E-state index in [1.165, 1.54) is 12.1 Å². The van der Waals surface area contributed by atoms with Gasteiger partial charge in [0.2, 0.25) is 0 Å². The standard InChI is InChI=1S/C13H18BrFN2O.ClH/c1-3-13(4-2,8-16)17-12(18)9-5-6-10(14)11(15)7-9;/h5-7H,3-4,8,16H2,1-2H3,(H,17,18);1H. The average molecular weight is 354 g/mol. The molecule has 3 nitrogen and oxygen atoms in total. The molecule has 1 aromatic carbocycles. The number of hydrogen-bond acceptors (Lipinski definition) is 2. The molecule has 0 heterocycles. The molecular weight excluding hydrogens is 335 g/mol. The predicted octanol–water partition coefficient (Wildman–Crippen LogP) is 3.26. The van der Waals surface area contributed by atoms with Crippen LogP contribution < -0.4 is 11.1 Å². The molecule has 0 aliphatic rings. The second-order valence-corrected chi connectivity index (χ2v) is 5.13. The molecule has 0 saturated heterocycles. The van der Waals surface area contributed by atoms with E-state index in [0.29, 0.717) is 16.6 Å². The number of carbonyl (C=O) groups is 1. The molecule has 0 aliphatic heterocycles. The maximum absolute atomic E-state index is 13.4. The van der Waals surface area contributed by atoms with Crippen molar-refractivity contribution in [1.82, 2.24) is 5.32 Å². The Bertz CT molecular complexity index is 430. The summed E-state index contributed by atoms with van der Waals surface area (Å²) in [5, 5.41) is 2.90. The summed E-state index contributed by atoms with van der Waals surface area (Å²) in [5.41, 5.74) is 5.60. The van der Waals surface area contributed by atoms with Gasteiger partial charge >= 0.3 is 0 Å². The van der Waals surface area contributed by atoms with Gasteiger partial charge in [-0.25, -0.2) is 4.39 Å². The van der Waals surface area contributed by atoms with Crippen molar-refractivity contribution in [2.45, 2.75) is 32.2 Å². The molecule has 0 bridgehead atoms. The third-order valence-electron chi connectivity index (χ3n) is 3.30. The zero-order chi connectivity index (χ0) is 13.8. The second kappa shape index (κ2) is 7.82. The van der Waals surface area contributed by atoms with E-state index in [4.69, 9.17) is 5.73 Å². The minimum atomic E-state index is -0.450. The van der Waals surface area contributed by atoms with Crippen LogP contribution in [-0.2, 0) is 0 Å². The normalized spacial score (nSPS) is 10.8. The highest BCUT2D eigenvalue weighted by Crippen LogP contribution is 2.18. The summed E-state index contributed by atoms with van der Waals surface area (Å²) in [7, 11) is 0. The van der Waals surface area contributed by atoms with Crippen LogP contribution in [0.4, 0.5) is 4.39 Å². The molecule has 6 heteroatoms. The van der Waals surface area contributed by atoms with Crippen LogP contribution in [0.3, 0.4) is 0 Å². The number of halogens is 3. The van der Waals surface area contributed by atoms with Crippen LogP contribution in [0, 0.1) is 5.82 Å². The van der Waals surface area contributed by atoms with Crippen molar-refractivity contribution >= 4 is 34.2 Å². The number of carbonyl (C=O) groups excluding carboxylic acids is 1. The first-order valence-corrected chi connectivity index (χ1v) is 6.75. The number of hydrogen-bond donors (Lipinski definition) is 2. The minimum absolute atomic E-state index is 0. The minimum Gasteiger partial charge on any atom is -0.345 e. The Kier molecular flexibility index (Phi) is 7.55. The van der Waals surface area contributed by atoms with Gasteiger partial charge < -0.3 is 11.1 Å². The highest BCUT2D eigenvalue weighted by Gasteiger charge is 2.26. The van der Waals surface area contributed by atoms with Gasteiger partial charge in [-0.1, -0.05) is 13.8 Å². The fourth-order valence-electron chi connectivity index (χ4n) is 1.72. The molecule has 0 radical (unpaired) electrons. The smallest absolute Gasteiger partial charge is 0.251 e. The number of nitrogens with one attached hydrogen (secondary N) is 1. The summed E-state index contributed by atoms with van der Waals surface area (Å²) >= 11 is 3.05. The van der Waals surface area contributed by atoms with Crippen molar-refractivity contribution in [3.05, 3.63) is 34.1 Å². The maximum Gasteiger partial charge on any atom is 0.251 e. The van der Waals surface area contributed by atoms with Crippen molar-refractivity contribution in [1.29, 1.82) is 0 Å². The molecule has 19 heavy (non-hydrogen) atoms. The number of benzene rings is 1. The summed E-state index contributed by atoms with van der Waals surface area (Å²) in [4.78, 5) is 12.1. The lowest BCUT2D eigenvalue weighted by Gasteiger charge is -2.31. The van der Waals surface area contributed by atoms with Crippen molar-refractivity contribution < 1.29 is 9.18 Å². The van der Waals surface area contributed by atoms with E-state index in [1.807, 2.05) is 13.8 Å². The summed E-state index contributed by atoms with van der Waals surface area (Å²) < 4.78 is 13.7. The first-order chi connectivity index (χ1) is 8.48. The first kappa shape index (κ1) is 18.4. The molecule has 0 atom stereocenters. The molecule has 0 aliphatic carbocycles. The highest BCUT2D eigenvalue weighted by atomic mass is 79.9. The predicted molar refractivity (Wildman–Crippen MR) is 81.2 cm³/mol. The fourth-order valence-corrected chi connectivity index (χ4v) is 1.96. The van der Waals surface area contributed by atoms with Crippen LogP contribution in [0.15, 0.2) is 22.7 Å². The maximum atomic E-state index is 13.4. The molecule has 1 rings (SSSR count). The molecule has 3 N–H and O–H groups in total. The number of amides is 1. The third kappa shape index (κ3) is 4.44. The van der Waals surface area contributed by atoms with E-state index in [0.717, 1.165) is 12.8 Å². The quantitative estimate of drug-likeness (QED) is 0.853. The zero-order valence-corrected chi connectivity index (χ0v) is 13.4. The molecule has 0 saturated carbocycles. The molecular formula is C13H19BrClFN2O. The number of nitrogens with two attached hydrogens (primary N) is 1. The first-order valence-electron chi connectivity index (χ1n) is 5.95. The van der Waals surface area contributed by atoms with E-state index in [9.17, 15) is 9.18 Å². The average Bonchev–Trinajstić information content (AvgIpc) is 2.39. The lowest BCUT2D eigenvalue weighted by Crippen LogP contribution is -2.52. The molecule has 0 spiro atoms. The summed E-state index contributed by atoms with van der Waals surface area (Å²) in [5.74, 6) is -0.746. The highest BCUT2D eigenvalue weighted by molar-refractivity contribution is 9.10. The van der Waals surface area contributed by atoms with Crippen molar-refractivity contribution in [3.8, 4) is 0 Å². The zero-order valence-electron chi connectivity index (χ0n) is 11.0. The van der Waals surface area contributed by atoms with Crippen LogP contribution in [0.1, 0.15) is 37.0 Å². The number of rotatable bonds is 5. The van der Waals surface area contributed by atoms with E-state index in [-0.39, 0.29) is 18.3 Å². The fraction of sp³-hybridized carbons (Fsp3) is 0.462. The Morgan fingerprint density at radius 1 is 1.42 bits per heavy atom. The molecule has 108 valence electrons. The van der Waals surface area contributed by atoms with Crippen LogP contribution in [0.25, 0.3) is 0 Å². The Labute approximate surface area is 127 Å². The van der Waals surface area contributed by atoms with Crippen LogP contribution >= 0.6 is 28.3 Å². The van der Waals surface area contributed by atoms with Gasteiger partial charge in [0.1, 0.15) is 5.82 Å². The van der Waals surface area contributed by atoms with Gasteiger partial charge in [0.25, 0.3) is 5.91 Å². The molecule has 0 fully saturated rings. The van der Waals surface area contributed by atoms with Gasteiger partial charge in [0.05, 0.1) is 10.0 Å². The summed E-state index contributed by atoms with van der Waals surface area (Å²) in [6.07, 6.45) is 1.48. The Hall–Kier alpha value is -0.650. The van der Waals surface area contributed by atoms with Gasteiger partial charge in [0, 0.05) is 12.1 Å². The van der Waals surface area contributed by atoms with E-state index >= 15 is 0 Å². The monoisotopic (exact) mass is 352 g/mol. The van der Waals surface area contributed by atoms with Gasteiger partial charge in [0.15, 0.2) is 0 Å². The van der Waals surface area contributed by atoms with Gasteiger partial charge in [-0.2, -0.15) is 0 Å².